The summed E-state index contributed by atoms with van der Waals surface area (Å²) < 4.78 is 0. The molecular formula is C18H23N5. The lowest BCUT2D eigenvalue weighted by Gasteiger charge is -2.52. The number of anilines is 1. The summed E-state index contributed by atoms with van der Waals surface area (Å²) in [6.45, 7) is 7.52. The van der Waals surface area contributed by atoms with Crippen LogP contribution in [0.25, 0.3) is 0 Å². The van der Waals surface area contributed by atoms with Crippen molar-refractivity contribution in [3.05, 3.63) is 34.8 Å². The first-order valence-electron chi connectivity index (χ1n) is 8.46. The summed E-state index contributed by atoms with van der Waals surface area (Å²) in [7, 11) is 0. The highest BCUT2D eigenvalue weighted by atomic mass is 15.3. The van der Waals surface area contributed by atoms with Gasteiger partial charge in [0.2, 0.25) is 0 Å². The number of hydrogen-bond acceptors (Lipinski definition) is 5. The number of pyridine rings is 1. The van der Waals surface area contributed by atoms with Crippen molar-refractivity contribution in [1.82, 2.24) is 15.2 Å². The van der Waals surface area contributed by atoms with E-state index in [1.165, 1.54) is 25.9 Å². The number of aromatic nitrogens is 1. The molecule has 0 saturated carbocycles. The lowest BCUT2D eigenvalue weighted by Crippen LogP contribution is -2.64. The van der Waals surface area contributed by atoms with E-state index in [4.69, 9.17) is 5.26 Å². The van der Waals surface area contributed by atoms with Crippen molar-refractivity contribution in [3.8, 4) is 6.07 Å². The Labute approximate surface area is 137 Å². The van der Waals surface area contributed by atoms with Crippen LogP contribution < -0.4 is 10.6 Å². The molecule has 120 valence electrons. The summed E-state index contributed by atoms with van der Waals surface area (Å²) in [5.41, 5.74) is 2.65. The number of aryl methyl sites for hydroxylation is 2. The molecule has 2 N–H and O–H groups in total. The fourth-order valence-electron chi connectivity index (χ4n) is 4.48. The molecule has 23 heavy (non-hydrogen) atoms. The van der Waals surface area contributed by atoms with Crippen molar-refractivity contribution in [2.24, 2.45) is 5.92 Å². The molecule has 0 unspecified atom stereocenters. The highest BCUT2D eigenvalue weighted by Gasteiger charge is 2.48. The normalized spacial score (nSPS) is 31.6. The zero-order valence-electron chi connectivity index (χ0n) is 13.8. The van der Waals surface area contributed by atoms with Crippen LogP contribution in [0.2, 0.25) is 0 Å². The van der Waals surface area contributed by atoms with Crippen molar-refractivity contribution in [3.63, 3.8) is 0 Å². The molecule has 5 heteroatoms. The van der Waals surface area contributed by atoms with Crippen LogP contribution in [0.3, 0.4) is 0 Å². The van der Waals surface area contributed by atoms with Crippen LogP contribution in [0.1, 0.15) is 36.1 Å². The number of nitriles is 1. The van der Waals surface area contributed by atoms with Gasteiger partial charge in [-0.15, -0.1) is 0 Å². The maximum atomic E-state index is 9.16. The summed E-state index contributed by atoms with van der Waals surface area (Å²) in [5, 5.41) is 16.3. The van der Waals surface area contributed by atoms with Crippen LogP contribution in [0.5, 0.6) is 0 Å². The van der Waals surface area contributed by atoms with Crippen molar-refractivity contribution < 1.29 is 0 Å². The molecule has 3 saturated heterocycles. The Bertz CT molecular complexity index is 686. The third kappa shape index (κ3) is 2.38. The van der Waals surface area contributed by atoms with Gasteiger partial charge in [0.1, 0.15) is 17.7 Å². The zero-order chi connectivity index (χ0) is 16.0. The summed E-state index contributed by atoms with van der Waals surface area (Å²) in [5.74, 6) is 2.66. The second-order valence-electron chi connectivity index (χ2n) is 7.18. The van der Waals surface area contributed by atoms with Gasteiger partial charge in [0.25, 0.3) is 0 Å². The Hall–Kier alpha value is -2.06. The highest BCUT2D eigenvalue weighted by Crippen LogP contribution is 2.41. The molecule has 1 aromatic heterocycles. The summed E-state index contributed by atoms with van der Waals surface area (Å²) in [6.07, 6.45) is 5.97. The molecule has 0 aliphatic carbocycles. The molecule has 1 spiro atoms. The maximum absolute atomic E-state index is 9.16. The van der Waals surface area contributed by atoms with Gasteiger partial charge in [-0.3, -0.25) is 0 Å². The number of nitrogens with one attached hydrogen (secondary N) is 2. The quantitative estimate of drug-likeness (QED) is 0.877. The highest BCUT2D eigenvalue weighted by molar-refractivity contribution is 5.51. The largest absolute Gasteiger partial charge is 0.365 e. The molecule has 0 amide bonds. The Kier molecular flexibility index (Phi) is 3.31. The van der Waals surface area contributed by atoms with Gasteiger partial charge >= 0.3 is 0 Å². The molecule has 4 aliphatic heterocycles. The second-order valence-corrected chi connectivity index (χ2v) is 7.18. The number of piperidine rings is 3. The molecule has 4 aliphatic rings. The van der Waals surface area contributed by atoms with Crippen LogP contribution in [0, 0.1) is 31.1 Å². The SMILES string of the molecule is Cc1cc(NC2=CC[C@@]3(CN4CCC3CC4)N2)nc(C)c1C#N. The molecule has 5 heterocycles. The average molecular weight is 309 g/mol. The summed E-state index contributed by atoms with van der Waals surface area (Å²) in [4.78, 5) is 7.11. The zero-order valence-corrected chi connectivity index (χ0v) is 13.8. The minimum absolute atomic E-state index is 0.218. The van der Waals surface area contributed by atoms with Gasteiger partial charge < -0.3 is 15.5 Å². The molecule has 1 aromatic rings. The second kappa shape index (κ2) is 5.24. The molecular weight excluding hydrogens is 286 g/mol. The summed E-state index contributed by atoms with van der Waals surface area (Å²) >= 11 is 0. The fourth-order valence-corrected chi connectivity index (χ4v) is 4.48. The third-order valence-corrected chi connectivity index (χ3v) is 5.70. The molecule has 5 rings (SSSR count). The van der Waals surface area contributed by atoms with Gasteiger partial charge in [-0.05, 0) is 69.8 Å². The number of rotatable bonds is 2. The van der Waals surface area contributed by atoms with Gasteiger partial charge in [0, 0.05) is 6.54 Å². The predicted octanol–water partition coefficient (Wildman–Crippen LogP) is 2.28. The van der Waals surface area contributed by atoms with Crippen molar-refractivity contribution in [2.45, 2.75) is 38.6 Å². The van der Waals surface area contributed by atoms with E-state index in [0.29, 0.717) is 5.56 Å². The van der Waals surface area contributed by atoms with E-state index in [1.54, 1.807) is 0 Å². The van der Waals surface area contributed by atoms with Gasteiger partial charge in [-0.2, -0.15) is 5.26 Å². The van der Waals surface area contributed by atoms with Crippen LogP contribution in [0.4, 0.5) is 5.82 Å². The number of nitrogens with zero attached hydrogens (tertiary/aromatic N) is 3. The molecule has 5 nitrogen and oxygen atoms in total. The predicted molar refractivity (Wildman–Crippen MR) is 89.8 cm³/mol. The first-order chi connectivity index (χ1) is 11.1. The van der Waals surface area contributed by atoms with E-state index in [-0.39, 0.29) is 5.54 Å². The number of fused-ring (bicyclic) bond motifs is 2. The monoisotopic (exact) mass is 309 g/mol. The van der Waals surface area contributed by atoms with E-state index in [2.05, 4.69) is 32.7 Å². The summed E-state index contributed by atoms with van der Waals surface area (Å²) in [6, 6.07) is 4.18. The molecule has 3 fully saturated rings. The van der Waals surface area contributed by atoms with E-state index in [0.717, 1.165) is 41.8 Å². The van der Waals surface area contributed by atoms with Crippen molar-refractivity contribution in [2.75, 3.05) is 25.0 Å². The minimum atomic E-state index is 0.218. The molecule has 0 aromatic carbocycles. The van der Waals surface area contributed by atoms with Crippen molar-refractivity contribution >= 4 is 5.82 Å². The first-order valence-corrected chi connectivity index (χ1v) is 8.46. The van der Waals surface area contributed by atoms with Crippen LogP contribution in [-0.2, 0) is 0 Å². The van der Waals surface area contributed by atoms with E-state index >= 15 is 0 Å². The Morgan fingerprint density at radius 3 is 2.78 bits per heavy atom. The van der Waals surface area contributed by atoms with Crippen LogP contribution in [-0.4, -0.2) is 35.1 Å². The van der Waals surface area contributed by atoms with Crippen LogP contribution in [0.15, 0.2) is 18.0 Å². The van der Waals surface area contributed by atoms with E-state index < -0.39 is 0 Å². The lowest BCUT2D eigenvalue weighted by atomic mass is 9.72. The Morgan fingerprint density at radius 1 is 1.39 bits per heavy atom. The lowest BCUT2D eigenvalue weighted by molar-refractivity contribution is 0.0189. The minimum Gasteiger partial charge on any atom is -0.365 e. The van der Waals surface area contributed by atoms with Gasteiger partial charge in [-0.1, -0.05) is 0 Å². The fraction of sp³-hybridized carbons (Fsp3) is 0.556. The van der Waals surface area contributed by atoms with Crippen molar-refractivity contribution in [1.29, 1.82) is 5.26 Å². The van der Waals surface area contributed by atoms with E-state index in [1.807, 2.05) is 19.9 Å². The average Bonchev–Trinajstić information content (AvgIpc) is 2.90. The Morgan fingerprint density at radius 2 is 2.17 bits per heavy atom. The van der Waals surface area contributed by atoms with Crippen LogP contribution >= 0.6 is 0 Å². The molecule has 1 atom stereocenters. The van der Waals surface area contributed by atoms with Gasteiger partial charge in [0.15, 0.2) is 0 Å². The molecule has 2 bridgehead atoms. The maximum Gasteiger partial charge on any atom is 0.132 e. The third-order valence-electron chi connectivity index (χ3n) is 5.70. The standard InChI is InChI=1S/C18H23N5/c1-12-9-17(20-13(2)15(12)10-19)21-16-3-6-18(22-16)11-23-7-4-14(18)5-8-23/h3,9,14,22H,4-8,11H2,1-2H3,(H,20,21)/t18-/m0/s1. The topological polar surface area (TPSA) is 64.0 Å². The molecule has 0 radical (unpaired) electrons. The number of hydrogen-bond donors (Lipinski definition) is 2. The van der Waals surface area contributed by atoms with E-state index in [9.17, 15) is 0 Å². The Balaban J connectivity index is 1.50. The van der Waals surface area contributed by atoms with Gasteiger partial charge in [-0.25, -0.2) is 4.98 Å². The van der Waals surface area contributed by atoms with Gasteiger partial charge in [0.05, 0.1) is 16.8 Å². The smallest absolute Gasteiger partial charge is 0.132 e. The first kappa shape index (κ1) is 14.5.